The Morgan fingerprint density at radius 1 is 0.967 bits per heavy atom. The summed E-state index contributed by atoms with van der Waals surface area (Å²) in [6.07, 6.45) is 0.331. The molecule has 0 aliphatic carbocycles. The molecule has 2 aromatic carbocycles. The molecule has 4 aromatic rings. The maximum Gasteiger partial charge on any atom is 0.266 e. The van der Waals surface area contributed by atoms with E-state index in [9.17, 15) is 9.18 Å². The lowest BCUT2D eigenvalue weighted by molar-refractivity contribution is 0.174. The Labute approximate surface area is 169 Å². The summed E-state index contributed by atoms with van der Waals surface area (Å²) < 4.78 is 30.4. The van der Waals surface area contributed by atoms with E-state index in [-0.39, 0.29) is 24.7 Å². The first-order valence-electron chi connectivity index (χ1n) is 9.22. The predicted molar refractivity (Wildman–Crippen MR) is 103 cm³/mol. The smallest absolute Gasteiger partial charge is 0.266 e. The van der Waals surface area contributed by atoms with Gasteiger partial charge in [-0.25, -0.2) is 9.07 Å². The van der Waals surface area contributed by atoms with Crippen LogP contribution in [0.15, 0.2) is 63.9 Å². The molecule has 0 saturated carbocycles. The Morgan fingerprint density at radius 3 is 2.63 bits per heavy atom. The number of ether oxygens (including phenoxy) is 2. The van der Waals surface area contributed by atoms with Crippen LogP contribution in [0.2, 0.25) is 0 Å². The molecular weight excluding hydrogens is 391 g/mol. The van der Waals surface area contributed by atoms with Crippen LogP contribution in [-0.2, 0) is 13.0 Å². The molecule has 8 nitrogen and oxygen atoms in total. The Morgan fingerprint density at radius 2 is 1.77 bits per heavy atom. The van der Waals surface area contributed by atoms with Crippen LogP contribution in [0.3, 0.4) is 0 Å². The minimum Gasteiger partial charge on any atom is -0.454 e. The molecule has 9 heteroatoms. The Hall–Kier alpha value is -4.01. The molecule has 0 spiro atoms. The van der Waals surface area contributed by atoms with E-state index in [0.29, 0.717) is 40.9 Å². The number of halogens is 1. The summed E-state index contributed by atoms with van der Waals surface area (Å²) in [5.41, 5.74) is 1.77. The third-order valence-corrected chi connectivity index (χ3v) is 4.64. The first kappa shape index (κ1) is 18.0. The number of rotatable bonds is 5. The lowest BCUT2D eigenvalue weighted by Gasteiger charge is -2.06. The van der Waals surface area contributed by atoms with Gasteiger partial charge in [-0.1, -0.05) is 5.16 Å². The number of aromatic nitrogens is 4. The molecule has 0 bridgehead atoms. The highest BCUT2D eigenvalue weighted by molar-refractivity contribution is 5.61. The van der Waals surface area contributed by atoms with Gasteiger partial charge in [-0.2, -0.15) is 10.1 Å². The van der Waals surface area contributed by atoms with Crippen molar-refractivity contribution in [2.75, 3.05) is 6.79 Å². The molecule has 2 aromatic heterocycles. The molecular formula is C21H15FN4O4. The number of fused-ring (bicyclic) bond motifs is 1. The minimum absolute atomic E-state index is 0.190. The molecule has 1 aliphatic heterocycles. The van der Waals surface area contributed by atoms with Crippen molar-refractivity contribution in [1.29, 1.82) is 0 Å². The summed E-state index contributed by atoms with van der Waals surface area (Å²) in [7, 11) is 0. The van der Waals surface area contributed by atoms with Gasteiger partial charge in [0, 0.05) is 23.6 Å². The van der Waals surface area contributed by atoms with Crippen LogP contribution in [0.1, 0.15) is 5.89 Å². The number of aryl methyl sites for hydroxylation is 2. The van der Waals surface area contributed by atoms with Crippen molar-refractivity contribution in [2.45, 2.75) is 13.0 Å². The molecule has 150 valence electrons. The molecule has 1 aliphatic rings. The second-order valence-electron chi connectivity index (χ2n) is 6.62. The van der Waals surface area contributed by atoms with Gasteiger partial charge in [0.1, 0.15) is 5.82 Å². The SMILES string of the molecule is O=c1ccc(-c2ccc(F)cc2)nn1CCc1nc(-c2ccc3c(c2)OCO3)no1. The molecule has 0 fully saturated rings. The summed E-state index contributed by atoms with van der Waals surface area (Å²) in [4.78, 5) is 16.5. The van der Waals surface area contributed by atoms with E-state index >= 15 is 0 Å². The molecule has 0 N–H and O–H groups in total. The summed E-state index contributed by atoms with van der Waals surface area (Å²) in [6, 6.07) is 14.4. The molecule has 0 atom stereocenters. The third-order valence-electron chi connectivity index (χ3n) is 4.64. The topological polar surface area (TPSA) is 92.3 Å². The highest BCUT2D eigenvalue weighted by atomic mass is 19.1. The first-order chi connectivity index (χ1) is 14.7. The van der Waals surface area contributed by atoms with Gasteiger partial charge in [-0.05, 0) is 48.5 Å². The van der Waals surface area contributed by atoms with E-state index in [1.54, 1.807) is 30.3 Å². The average molecular weight is 406 g/mol. The van der Waals surface area contributed by atoms with Crippen LogP contribution in [0.5, 0.6) is 11.5 Å². The lowest BCUT2D eigenvalue weighted by Crippen LogP contribution is -2.23. The molecule has 0 amide bonds. The monoisotopic (exact) mass is 406 g/mol. The van der Waals surface area contributed by atoms with E-state index in [0.717, 1.165) is 5.56 Å². The zero-order valence-corrected chi connectivity index (χ0v) is 15.6. The molecule has 0 radical (unpaired) electrons. The first-order valence-corrected chi connectivity index (χ1v) is 9.22. The van der Waals surface area contributed by atoms with Gasteiger partial charge in [0.05, 0.1) is 12.2 Å². The van der Waals surface area contributed by atoms with Gasteiger partial charge in [0.2, 0.25) is 18.5 Å². The molecule has 3 heterocycles. The van der Waals surface area contributed by atoms with Gasteiger partial charge in [0.15, 0.2) is 11.5 Å². The molecule has 30 heavy (non-hydrogen) atoms. The van der Waals surface area contributed by atoms with Gasteiger partial charge in [-0.3, -0.25) is 4.79 Å². The highest BCUT2D eigenvalue weighted by Gasteiger charge is 2.16. The van der Waals surface area contributed by atoms with Crippen LogP contribution in [0.4, 0.5) is 4.39 Å². The van der Waals surface area contributed by atoms with Crippen molar-refractivity contribution in [3.63, 3.8) is 0 Å². The standard InChI is InChI=1S/C21H15FN4O4/c22-15-4-1-13(2-5-15)16-6-8-20(27)26(24-16)10-9-19-23-21(25-30-19)14-3-7-17-18(11-14)29-12-28-17/h1-8,11H,9-10,12H2. The maximum atomic E-state index is 13.1. The summed E-state index contributed by atoms with van der Waals surface area (Å²) in [6.45, 7) is 0.450. The fraction of sp³-hybridized carbons (Fsp3) is 0.143. The van der Waals surface area contributed by atoms with E-state index in [1.807, 2.05) is 6.07 Å². The molecule has 0 saturated heterocycles. The zero-order valence-electron chi connectivity index (χ0n) is 15.6. The quantitative estimate of drug-likeness (QED) is 0.503. The number of nitrogens with zero attached hydrogens (tertiary/aromatic N) is 4. The van der Waals surface area contributed by atoms with Gasteiger partial charge in [0.25, 0.3) is 5.56 Å². The Bertz CT molecular complexity index is 1270. The van der Waals surface area contributed by atoms with E-state index in [1.165, 1.54) is 22.9 Å². The minimum atomic E-state index is -0.332. The zero-order chi connectivity index (χ0) is 20.5. The van der Waals surface area contributed by atoms with Crippen molar-refractivity contribution in [3.8, 4) is 34.1 Å². The summed E-state index contributed by atoms with van der Waals surface area (Å²) >= 11 is 0. The van der Waals surface area contributed by atoms with Crippen LogP contribution in [0, 0.1) is 5.82 Å². The number of benzene rings is 2. The molecule has 5 rings (SSSR count). The van der Waals surface area contributed by atoms with Crippen molar-refractivity contribution in [1.82, 2.24) is 19.9 Å². The fourth-order valence-corrected chi connectivity index (χ4v) is 3.09. The van der Waals surface area contributed by atoms with E-state index in [4.69, 9.17) is 14.0 Å². The highest BCUT2D eigenvalue weighted by Crippen LogP contribution is 2.35. The third kappa shape index (κ3) is 3.52. The van der Waals surface area contributed by atoms with Crippen molar-refractivity contribution < 1.29 is 18.4 Å². The largest absolute Gasteiger partial charge is 0.454 e. The van der Waals surface area contributed by atoms with Crippen LogP contribution in [-0.4, -0.2) is 26.7 Å². The lowest BCUT2D eigenvalue weighted by atomic mass is 10.1. The summed E-state index contributed by atoms with van der Waals surface area (Å²) in [5.74, 6) is 1.77. The predicted octanol–water partition coefficient (Wildman–Crippen LogP) is 3.07. The van der Waals surface area contributed by atoms with E-state index in [2.05, 4.69) is 15.2 Å². The normalized spacial score (nSPS) is 12.3. The van der Waals surface area contributed by atoms with E-state index < -0.39 is 0 Å². The number of hydrogen-bond acceptors (Lipinski definition) is 7. The van der Waals surface area contributed by atoms with Gasteiger partial charge in [-0.15, -0.1) is 0 Å². The fourth-order valence-electron chi connectivity index (χ4n) is 3.09. The van der Waals surface area contributed by atoms with Crippen molar-refractivity contribution in [2.24, 2.45) is 0 Å². The molecule has 0 unspecified atom stereocenters. The van der Waals surface area contributed by atoms with Crippen molar-refractivity contribution >= 4 is 0 Å². The second kappa shape index (κ2) is 7.43. The van der Waals surface area contributed by atoms with Gasteiger partial charge < -0.3 is 14.0 Å². The summed E-state index contributed by atoms with van der Waals surface area (Å²) in [5, 5.41) is 8.35. The number of hydrogen-bond donors (Lipinski definition) is 0. The maximum absolute atomic E-state index is 13.1. The van der Waals surface area contributed by atoms with Gasteiger partial charge >= 0.3 is 0 Å². The second-order valence-corrected chi connectivity index (χ2v) is 6.62. The Balaban J connectivity index is 1.32. The van der Waals surface area contributed by atoms with Crippen LogP contribution >= 0.6 is 0 Å². The van der Waals surface area contributed by atoms with Crippen LogP contribution in [0.25, 0.3) is 22.6 Å². The average Bonchev–Trinajstić information content (AvgIpc) is 3.43. The van der Waals surface area contributed by atoms with Crippen molar-refractivity contribution in [3.05, 3.63) is 76.7 Å². The Kier molecular flexibility index (Phi) is 4.47. The van der Waals surface area contributed by atoms with Crippen LogP contribution < -0.4 is 15.0 Å².